The largest absolute Gasteiger partial charge is 0.460 e. The molecule has 1 saturated carbocycles. The third kappa shape index (κ3) is 9.05. The van der Waals surface area contributed by atoms with Crippen LogP contribution in [0.5, 0.6) is 0 Å². The first-order valence-corrected chi connectivity index (χ1v) is 10.8. The van der Waals surface area contributed by atoms with Crippen molar-refractivity contribution >= 4 is 17.5 Å². The van der Waals surface area contributed by atoms with Crippen LogP contribution in [0.3, 0.4) is 0 Å². The van der Waals surface area contributed by atoms with E-state index in [1.807, 2.05) is 0 Å². The lowest BCUT2D eigenvalue weighted by molar-refractivity contribution is -0.193. The van der Waals surface area contributed by atoms with Crippen LogP contribution in [0.1, 0.15) is 78.1 Å². The van der Waals surface area contributed by atoms with Gasteiger partial charge in [0.25, 0.3) is 5.78 Å². The van der Waals surface area contributed by atoms with E-state index in [9.17, 15) is 24.6 Å². The maximum atomic E-state index is 12.2. The van der Waals surface area contributed by atoms with Gasteiger partial charge in [-0.05, 0) is 51.4 Å². The second-order valence-corrected chi connectivity index (χ2v) is 7.63. The van der Waals surface area contributed by atoms with Crippen LogP contribution in [0.2, 0.25) is 0 Å². The molecule has 0 spiro atoms. The summed E-state index contributed by atoms with van der Waals surface area (Å²) < 4.78 is 4.51. The van der Waals surface area contributed by atoms with Gasteiger partial charge in [-0.3, -0.25) is 9.59 Å². The molecule has 164 valence electrons. The Balaban J connectivity index is 2.35. The van der Waals surface area contributed by atoms with E-state index >= 15 is 0 Å². The number of hydrogen-bond donors (Lipinski definition) is 2. The fraction of sp³-hybridized carbons (Fsp3) is 0.696. The quantitative estimate of drug-likeness (QED) is 0.150. The first kappa shape index (κ1) is 25.2. The molecule has 1 rings (SSSR count). The summed E-state index contributed by atoms with van der Waals surface area (Å²) in [5.74, 6) is -4.61. The zero-order valence-electron chi connectivity index (χ0n) is 17.8. The highest BCUT2D eigenvalue weighted by Gasteiger charge is 2.38. The molecular weight excluding hydrogens is 372 g/mol. The molecule has 2 N–H and O–H groups in total. The number of ether oxygens (including phenoxy) is 1. The van der Waals surface area contributed by atoms with Gasteiger partial charge in [0.1, 0.15) is 5.78 Å². The van der Waals surface area contributed by atoms with Gasteiger partial charge >= 0.3 is 5.97 Å². The predicted molar refractivity (Wildman–Crippen MR) is 111 cm³/mol. The van der Waals surface area contributed by atoms with Gasteiger partial charge in [0.2, 0.25) is 5.79 Å². The van der Waals surface area contributed by atoms with Gasteiger partial charge in [0, 0.05) is 18.8 Å². The normalized spacial score (nSPS) is 20.1. The highest BCUT2D eigenvalue weighted by molar-refractivity contribution is 6.36. The van der Waals surface area contributed by atoms with Crippen molar-refractivity contribution in [1.29, 1.82) is 0 Å². The third-order valence-electron chi connectivity index (χ3n) is 5.31. The molecule has 29 heavy (non-hydrogen) atoms. The molecule has 0 radical (unpaired) electrons. The first-order chi connectivity index (χ1) is 13.8. The van der Waals surface area contributed by atoms with Crippen molar-refractivity contribution < 1.29 is 29.3 Å². The van der Waals surface area contributed by atoms with Crippen molar-refractivity contribution in [3.05, 3.63) is 24.3 Å². The highest BCUT2D eigenvalue weighted by atomic mass is 16.6. The number of aliphatic hydroxyl groups is 2. The molecule has 0 unspecified atom stereocenters. The molecule has 6 heteroatoms. The zero-order valence-corrected chi connectivity index (χ0v) is 17.8. The summed E-state index contributed by atoms with van der Waals surface area (Å²) >= 11 is 0. The molecule has 0 bridgehead atoms. The lowest BCUT2D eigenvalue weighted by Crippen LogP contribution is -2.43. The Kier molecular flexibility index (Phi) is 11.7. The molecule has 1 aliphatic rings. The Hall–Kier alpha value is -1.79. The predicted octanol–water partition coefficient (Wildman–Crippen LogP) is 3.65. The molecule has 0 saturated heterocycles. The summed E-state index contributed by atoms with van der Waals surface area (Å²) in [4.78, 5) is 35.2. The monoisotopic (exact) mass is 408 g/mol. The van der Waals surface area contributed by atoms with Crippen molar-refractivity contribution in [2.45, 2.75) is 83.8 Å². The topological polar surface area (TPSA) is 101 Å². The fourth-order valence-electron chi connectivity index (χ4n) is 3.67. The molecule has 0 amide bonds. The summed E-state index contributed by atoms with van der Waals surface area (Å²) in [5.41, 5.74) is 0. The van der Waals surface area contributed by atoms with E-state index < -0.39 is 17.5 Å². The molecule has 0 heterocycles. The number of hydrogen-bond acceptors (Lipinski definition) is 6. The summed E-state index contributed by atoms with van der Waals surface area (Å²) in [6.07, 6.45) is 15.6. The maximum absolute atomic E-state index is 12.2. The lowest BCUT2D eigenvalue weighted by Gasteiger charge is -2.19. The van der Waals surface area contributed by atoms with Crippen LogP contribution in [-0.2, 0) is 19.1 Å². The van der Waals surface area contributed by atoms with Crippen molar-refractivity contribution in [3.8, 4) is 0 Å². The minimum absolute atomic E-state index is 0.00111. The van der Waals surface area contributed by atoms with Crippen molar-refractivity contribution in [2.24, 2.45) is 11.8 Å². The van der Waals surface area contributed by atoms with Crippen LogP contribution >= 0.6 is 0 Å². The van der Waals surface area contributed by atoms with Crippen LogP contribution in [0, 0.1) is 11.8 Å². The summed E-state index contributed by atoms with van der Waals surface area (Å²) in [6.45, 7) is 3.65. The van der Waals surface area contributed by atoms with Gasteiger partial charge in [0.15, 0.2) is 0 Å². The number of carbonyl (C=O) groups is 3. The standard InChI is InChI=1S/C23H36O6/c1-3-5-6-7-8-10-13-18-15-16-20(24)19(18)14-11-9-12-17-23(27,28)21(25)22(26)29-4-2/h5-6,10,13,18-19,27-28H,3-4,7-9,11-12,14-17H2,1-2H3/t18-,19+/m0/s1. The summed E-state index contributed by atoms with van der Waals surface area (Å²) in [7, 11) is 0. The lowest BCUT2D eigenvalue weighted by atomic mass is 9.89. The minimum atomic E-state index is -2.69. The van der Waals surface area contributed by atoms with Gasteiger partial charge in [-0.25, -0.2) is 4.79 Å². The number of Topliss-reactive ketones (excluding diaryl/α,β-unsaturated/α-hetero) is 2. The van der Waals surface area contributed by atoms with Crippen LogP contribution in [0.25, 0.3) is 0 Å². The van der Waals surface area contributed by atoms with Gasteiger partial charge < -0.3 is 14.9 Å². The fourth-order valence-corrected chi connectivity index (χ4v) is 3.67. The average Bonchev–Trinajstić information content (AvgIpc) is 3.03. The SMILES string of the molecule is CCC=CCCC=C[C@H]1CCC(=O)[C@@H]1CCCCCC(O)(O)C(=O)C(=O)OCC. The van der Waals surface area contributed by atoms with Crippen molar-refractivity contribution in [2.75, 3.05) is 6.61 Å². The van der Waals surface area contributed by atoms with Crippen LogP contribution < -0.4 is 0 Å². The third-order valence-corrected chi connectivity index (χ3v) is 5.31. The smallest absolute Gasteiger partial charge is 0.380 e. The van der Waals surface area contributed by atoms with Gasteiger partial charge in [-0.1, -0.05) is 44.1 Å². The van der Waals surface area contributed by atoms with Crippen LogP contribution in [0.4, 0.5) is 0 Å². The Labute approximate surface area is 174 Å². The molecule has 1 aliphatic carbocycles. The summed E-state index contributed by atoms with van der Waals surface area (Å²) in [5, 5.41) is 19.6. The Morgan fingerprint density at radius 1 is 1.10 bits per heavy atom. The number of rotatable bonds is 14. The molecule has 0 aromatic heterocycles. The number of allylic oxidation sites excluding steroid dienone is 4. The molecule has 1 fully saturated rings. The number of esters is 1. The second kappa shape index (κ2) is 13.4. The van der Waals surface area contributed by atoms with E-state index in [2.05, 4.69) is 36.0 Å². The van der Waals surface area contributed by atoms with Crippen LogP contribution in [-0.4, -0.2) is 40.1 Å². The zero-order chi connectivity index (χ0) is 21.7. The first-order valence-electron chi connectivity index (χ1n) is 10.8. The molecule has 2 atom stereocenters. The van der Waals surface area contributed by atoms with Crippen LogP contribution in [0.15, 0.2) is 24.3 Å². The Morgan fingerprint density at radius 2 is 1.83 bits per heavy atom. The number of ketones is 2. The van der Waals surface area contributed by atoms with Gasteiger partial charge in [-0.15, -0.1) is 0 Å². The van der Waals surface area contributed by atoms with Gasteiger partial charge in [-0.2, -0.15) is 0 Å². The Morgan fingerprint density at radius 3 is 2.52 bits per heavy atom. The number of carbonyl (C=O) groups excluding carboxylic acids is 3. The Bertz CT molecular complexity index is 590. The highest BCUT2D eigenvalue weighted by Crippen LogP contribution is 2.34. The van der Waals surface area contributed by atoms with E-state index in [0.29, 0.717) is 25.0 Å². The molecule has 0 aromatic rings. The van der Waals surface area contributed by atoms with Crippen molar-refractivity contribution in [1.82, 2.24) is 0 Å². The van der Waals surface area contributed by atoms with E-state index in [0.717, 1.165) is 38.5 Å². The maximum Gasteiger partial charge on any atom is 0.380 e. The second-order valence-electron chi connectivity index (χ2n) is 7.63. The molecule has 0 aliphatic heterocycles. The van der Waals surface area contributed by atoms with E-state index in [1.54, 1.807) is 0 Å². The molecule has 0 aromatic carbocycles. The van der Waals surface area contributed by atoms with E-state index in [4.69, 9.17) is 0 Å². The van der Waals surface area contributed by atoms with Crippen molar-refractivity contribution in [3.63, 3.8) is 0 Å². The van der Waals surface area contributed by atoms with E-state index in [1.165, 1.54) is 6.92 Å². The summed E-state index contributed by atoms with van der Waals surface area (Å²) in [6, 6.07) is 0. The molecule has 6 nitrogen and oxygen atoms in total. The molecular formula is C23H36O6. The van der Waals surface area contributed by atoms with Gasteiger partial charge in [0.05, 0.1) is 6.61 Å². The minimum Gasteiger partial charge on any atom is -0.460 e. The number of unbranched alkanes of at least 4 members (excludes halogenated alkanes) is 3. The van der Waals surface area contributed by atoms with E-state index in [-0.39, 0.29) is 24.9 Å². The average molecular weight is 409 g/mol.